The lowest BCUT2D eigenvalue weighted by Crippen LogP contribution is -3.12. The second-order valence-electron chi connectivity index (χ2n) is 6.39. The van der Waals surface area contributed by atoms with Crippen LogP contribution in [0.3, 0.4) is 0 Å². The SMILES string of the molecule is CCOC(=O)c1oc2ccc(Br)cc2c1C[NH+]1CCC[C@@H](C(N)=O)C1. The van der Waals surface area contributed by atoms with Crippen molar-refractivity contribution < 1.29 is 23.6 Å². The fourth-order valence-electron chi connectivity index (χ4n) is 3.46. The van der Waals surface area contributed by atoms with Gasteiger partial charge in [0, 0.05) is 9.86 Å². The smallest absolute Gasteiger partial charge is 0.374 e. The van der Waals surface area contributed by atoms with Gasteiger partial charge in [-0.25, -0.2) is 4.79 Å². The van der Waals surface area contributed by atoms with Gasteiger partial charge in [0.05, 0.1) is 31.2 Å². The number of nitrogens with two attached hydrogens (primary N) is 1. The molecule has 1 aliphatic rings. The number of halogens is 1. The van der Waals surface area contributed by atoms with Gasteiger partial charge in [-0.3, -0.25) is 4.79 Å². The van der Waals surface area contributed by atoms with Gasteiger partial charge in [0.15, 0.2) is 0 Å². The Balaban J connectivity index is 1.95. The number of amides is 1. The summed E-state index contributed by atoms with van der Waals surface area (Å²) < 4.78 is 11.9. The number of hydrogen-bond acceptors (Lipinski definition) is 4. The Bertz CT molecular complexity index is 802. The highest BCUT2D eigenvalue weighted by atomic mass is 79.9. The number of piperidine rings is 1. The van der Waals surface area contributed by atoms with Crippen LogP contribution in [0.4, 0.5) is 0 Å². The fourth-order valence-corrected chi connectivity index (χ4v) is 3.82. The summed E-state index contributed by atoms with van der Waals surface area (Å²) in [4.78, 5) is 25.1. The maximum atomic E-state index is 12.3. The molecule has 1 aromatic carbocycles. The number of carbonyl (C=O) groups excluding carboxylic acids is 2. The number of furan rings is 1. The van der Waals surface area contributed by atoms with E-state index in [0.717, 1.165) is 34.8 Å². The highest BCUT2D eigenvalue weighted by molar-refractivity contribution is 9.10. The lowest BCUT2D eigenvalue weighted by atomic mass is 9.97. The summed E-state index contributed by atoms with van der Waals surface area (Å²) in [7, 11) is 0. The van der Waals surface area contributed by atoms with Crippen molar-refractivity contribution in [2.24, 2.45) is 11.7 Å². The number of carbonyl (C=O) groups is 2. The molecule has 134 valence electrons. The van der Waals surface area contributed by atoms with Crippen LogP contribution >= 0.6 is 15.9 Å². The zero-order valence-corrected chi connectivity index (χ0v) is 15.7. The molecule has 2 aromatic rings. The molecule has 1 aliphatic heterocycles. The maximum Gasteiger partial charge on any atom is 0.374 e. The monoisotopic (exact) mass is 409 g/mol. The molecule has 2 heterocycles. The summed E-state index contributed by atoms with van der Waals surface area (Å²) in [5, 5.41) is 0.895. The van der Waals surface area contributed by atoms with Crippen LogP contribution in [0.15, 0.2) is 27.1 Å². The second kappa shape index (κ2) is 7.58. The third-order valence-electron chi connectivity index (χ3n) is 4.66. The van der Waals surface area contributed by atoms with E-state index >= 15 is 0 Å². The molecule has 1 unspecified atom stereocenters. The molecule has 0 spiro atoms. The quantitative estimate of drug-likeness (QED) is 0.734. The molecule has 0 bridgehead atoms. The van der Waals surface area contributed by atoms with Crippen LogP contribution < -0.4 is 10.6 Å². The van der Waals surface area contributed by atoms with Crippen molar-refractivity contribution >= 4 is 38.8 Å². The Labute approximate surface area is 154 Å². The number of ether oxygens (including phenoxy) is 1. The van der Waals surface area contributed by atoms with E-state index in [-0.39, 0.29) is 17.6 Å². The van der Waals surface area contributed by atoms with Crippen molar-refractivity contribution in [3.8, 4) is 0 Å². The highest BCUT2D eigenvalue weighted by Crippen LogP contribution is 2.29. The summed E-state index contributed by atoms with van der Waals surface area (Å²) in [5.74, 6) is -0.557. The van der Waals surface area contributed by atoms with Crippen LogP contribution in [-0.2, 0) is 16.1 Å². The van der Waals surface area contributed by atoms with Gasteiger partial charge in [-0.15, -0.1) is 0 Å². The van der Waals surface area contributed by atoms with Crippen LogP contribution in [0.25, 0.3) is 11.0 Å². The van der Waals surface area contributed by atoms with Crippen molar-refractivity contribution in [2.75, 3.05) is 19.7 Å². The summed E-state index contributed by atoms with van der Waals surface area (Å²) in [6, 6.07) is 5.66. The zero-order valence-electron chi connectivity index (χ0n) is 14.1. The molecule has 0 aliphatic carbocycles. The van der Waals surface area contributed by atoms with Crippen LogP contribution in [0.5, 0.6) is 0 Å². The highest BCUT2D eigenvalue weighted by Gasteiger charge is 2.30. The summed E-state index contributed by atoms with van der Waals surface area (Å²) in [6.07, 6.45) is 1.78. The first kappa shape index (κ1) is 17.9. The van der Waals surface area contributed by atoms with Gasteiger partial charge in [0.1, 0.15) is 12.1 Å². The number of quaternary nitrogens is 1. The van der Waals surface area contributed by atoms with E-state index in [1.54, 1.807) is 6.92 Å². The minimum atomic E-state index is -0.451. The average Bonchev–Trinajstić information content (AvgIpc) is 2.93. The molecule has 25 heavy (non-hydrogen) atoms. The molecular formula is C18H22BrN2O4+. The predicted molar refractivity (Wildman–Crippen MR) is 96.2 cm³/mol. The molecule has 7 heteroatoms. The maximum absolute atomic E-state index is 12.3. The van der Waals surface area contributed by atoms with Crippen molar-refractivity contribution in [3.63, 3.8) is 0 Å². The van der Waals surface area contributed by atoms with Gasteiger partial charge in [-0.1, -0.05) is 15.9 Å². The first-order valence-electron chi connectivity index (χ1n) is 8.50. The largest absolute Gasteiger partial charge is 0.460 e. The second-order valence-corrected chi connectivity index (χ2v) is 7.31. The number of rotatable bonds is 5. The molecule has 1 saturated heterocycles. The summed E-state index contributed by atoms with van der Waals surface area (Å²) in [6.45, 7) is 4.27. The van der Waals surface area contributed by atoms with Gasteiger partial charge in [-0.2, -0.15) is 0 Å². The third-order valence-corrected chi connectivity index (χ3v) is 5.15. The number of primary amides is 1. The Kier molecular flexibility index (Phi) is 5.44. The third kappa shape index (κ3) is 3.88. The summed E-state index contributed by atoms with van der Waals surface area (Å²) >= 11 is 3.47. The molecule has 1 amide bonds. The van der Waals surface area contributed by atoms with E-state index in [1.807, 2.05) is 18.2 Å². The van der Waals surface area contributed by atoms with Gasteiger partial charge in [0.2, 0.25) is 11.7 Å². The van der Waals surface area contributed by atoms with Gasteiger partial charge < -0.3 is 19.8 Å². The lowest BCUT2D eigenvalue weighted by molar-refractivity contribution is -0.920. The Morgan fingerprint density at radius 2 is 2.24 bits per heavy atom. The van der Waals surface area contributed by atoms with E-state index in [0.29, 0.717) is 25.3 Å². The molecule has 2 atom stereocenters. The number of nitrogens with one attached hydrogen (secondary N) is 1. The molecule has 0 saturated carbocycles. The topological polar surface area (TPSA) is 87.0 Å². The van der Waals surface area contributed by atoms with Crippen LogP contribution in [-0.4, -0.2) is 31.6 Å². The minimum Gasteiger partial charge on any atom is -0.460 e. The Morgan fingerprint density at radius 1 is 1.44 bits per heavy atom. The molecular weight excluding hydrogens is 388 g/mol. The average molecular weight is 410 g/mol. The molecule has 3 N–H and O–H groups in total. The normalized spacial score (nSPS) is 20.6. The van der Waals surface area contributed by atoms with Crippen LogP contribution in [0.2, 0.25) is 0 Å². The van der Waals surface area contributed by atoms with Crippen LogP contribution in [0, 0.1) is 5.92 Å². The fraction of sp³-hybridized carbons (Fsp3) is 0.444. The number of hydrogen-bond donors (Lipinski definition) is 2. The van der Waals surface area contributed by atoms with Crippen molar-refractivity contribution in [1.82, 2.24) is 0 Å². The minimum absolute atomic E-state index is 0.111. The molecule has 1 fully saturated rings. The zero-order chi connectivity index (χ0) is 18.0. The van der Waals surface area contributed by atoms with Crippen molar-refractivity contribution in [2.45, 2.75) is 26.3 Å². The summed E-state index contributed by atoms with van der Waals surface area (Å²) in [5.41, 5.74) is 6.96. The van der Waals surface area contributed by atoms with Gasteiger partial charge >= 0.3 is 5.97 Å². The van der Waals surface area contributed by atoms with Crippen molar-refractivity contribution in [3.05, 3.63) is 34.0 Å². The number of esters is 1. The van der Waals surface area contributed by atoms with Gasteiger partial charge in [-0.05, 0) is 38.0 Å². The molecule has 0 radical (unpaired) electrons. The molecule has 6 nitrogen and oxygen atoms in total. The lowest BCUT2D eigenvalue weighted by Gasteiger charge is -2.28. The molecule has 3 rings (SSSR count). The van der Waals surface area contributed by atoms with E-state index in [1.165, 1.54) is 4.90 Å². The molecule has 1 aromatic heterocycles. The predicted octanol–water partition coefficient (Wildman–Crippen LogP) is 1.65. The first-order chi connectivity index (χ1) is 12.0. The Morgan fingerprint density at radius 3 is 2.96 bits per heavy atom. The van der Waals surface area contributed by atoms with E-state index in [2.05, 4.69) is 15.9 Å². The van der Waals surface area contributed by atoms with Crippen LogP contribution in [0.1, 0.15) is 35.9 Å². The first-order valence-corrected chi connectivity index (χ1v) is 9.29. The Hall–Kier alpha value is -1.86. The van der Waals surface area contributed by atoms with E-state index in [9.17, 15) is 9.59 Å². The number of likely N-dealkylation sites (tertiary alicyclic amines) is 1. The van der Waals surface area contributed by atoms with E-state index in [4.69, 9.17) is 14.9 Å². The number of benzene rings is 1. The number of fused-ring (bicyclic) bond motifs is 1. The standard InChI is InChI=1S/C18H21BrN2O4/c1-2-24-18(23)16-14(13-8-12(19)5-6-15(13)25-16)10-21-7-3-4-11(9-21)17(20)22/h5-6,8,11H,2-4,7,9-10H2,1H3,(H2,20,22)/p+1/t11-/m1/s1. The van der Waals surface area contributed by atoms with E-state index < -0.39 is 5.97 Å². The van der Waals surface area contributed by atoms with Crippen molar-refractivity contribution in [1.29, 1.82) is 0 Å². The van der Waals surface area contributed by atoms with Gasteiger partial charge in [0.25, 0.3) is 0 Å².